The molecule has 116 valence electrons. The number of rotatable bonds is 4. The van der Waals surface area contributed by atoms with Gasteiger partial charge in [0.1, 0.15) is 6.10 Å². The molecule has 0 heterocycles. The summed E-state index contributed by atoms with van der Waals surface area (Å²) in [5.74, 6) is -3.57. The third kappa shape index (κ3) is 4.61. The van der Waals surface area contributed by atoms with Crippen LogP contribution in [-0.2, 0) is 14.3 Å². The molecule has 0 aliphatic rings. The molecule has 0 saturated carbocycles. The van der Waals surface area contributed by atoms with Crippen molar-refractivity contribution in [3.05, 3.63) is 34.9 Å². The third-order valence-electron chi connectivity index (χ3n) is 2.53. The quantitative estimate of drug-likeness (QED) is 0.824. The number of carbonyl (C=O) groups is 2. The molecule has 9 heteroatoms. The number of esters is 1. The van der Waals surface area contributed by atoms with Crippen molar-refractivity contribution in [3.63, 3.8) is 0 Å². The molecule has 0 aliphatic carbocycles. The zero-order chi connectivity index (χ0) is 16.2. The van der Waals surface area contributed by atoms with Crippen LogP contribution in [0.4, 0.5) is 13.2 Å². The molecule has 5 nitrogen and oxygen atoms in total. The molecule has 1 aromatic carbocycles. The number of benzene rings is 1. The summed E-state index contributed by atoms with van der Waals surface area (Å²) in [6.07, 6.45) is -6.91. The molecule has 0 aliphatic heterocycles. The van der Waals surface area contributed by atoms with E-state index in [9.17, 15) is 27.9 Å². The van der Waals surface area contributed by atoms with E-state index < -0.39 is 30.2 Å². The van der Waals surface area contributed by atoms with Crippen LogP contribution in [0.1, 0.15) is 11.7 Å². The van der Waals surface area contributed by atoms with E-state index in [1.165, 1.54) is 29.6 Å². The van der Waals surface area contributed by atoms with Gasteiger partial charge in [-0.2, -0.15) is 13.2 Å². The first kappa shape index (κ1) is 17.3. The summed E-state index contributed by atoms with van der Waals surface area (Å²) < 4.78 is 41.0. The molecule has 1 rings (SSSR count). The van der Waals surface area contributed by atoms with Gasteiger partial charge in [0, 0.05) is 5.02 Å². The minimum absolute atomic E-state index is 0.0947. The number of amides is 1. The predicted molar refractivity (Wildman–Crippen MR) is 66.4 cm³/mol. The molecular weight excluding hydrogens is 315 g/mol. The Morgan fingerprint density at radius 2 is 1.81 bits per heavy atom. The van der Waals surface area contributed by atoms with E-state index >= 15 is 0 Å². The maximum atomic E-state index is 12.2. The van der Waals surface area contributed by atoms with Crippen LogP contribution in [0, 0.1) is 0 Å². The number of hydrogen-bond donors (Lipinski definition) is 2. The molecule has 1 aromatic rings. The molecule has 0 saturated heterocycles. The predicted octanol–water partition coefficient (Wildman–Crippen LogP) is 1.59. The molecule has 21 heavy (non-hydrogen) atoms. The van der Waals surface area contributed by atoms with Crippen molar-refractivity contribution >= 4 is 23.5 Å². The van der Waals surface area contributed by atoms with Crippen molar-refractivity contribution in [2.75, 3.05) is 7.11 Å². The molecule has 0 fully saturated rings. The number of nitrogens with one attached hydrogen (secondary N) is 1. The van der Waals surface area contributed by atoms with Crippen molar-refractivity contribution in [2.24, 2.45) is 0 Å². The Labute approximate surface area is 122 Å². The molecule has 0 aromatic heterocycles. The Kier molecular flexibility index (Phi) is 5.56. The lowest BCUT2D eigenvalue weighted by molar-refractivity contribution is -0.177. The third-order valence-corrected chi connectivity index (χ3v) is 2.78. The second-order valence-electron chi connectivity index (χ2n) is 3.97. The van der Waals surface area contributed by atoms with E-state index in [0.29, 0.717) is 5.02 Å². The van der Waals surface area contributed by atoms with E-state index in [1.807, 2.05) is 0 Å². The number of methoxy groups -OCH3 is 1. The van der Waals surface area contributed by atoms with Crippen LogP contribution in [0.25, 0.3) is 0 Å². The summed E-state index contributed by atoms with van der Waals surface area (Å²) in [5, 5.41) is 11.7. The summed E-state index contributed by atoms with van der Waals surface area (Å²) in [7, 11) is 0.920. The van der Waals surface area contributed by atoms with E-state index in [1.54, 1.807) is 0 Å². The number of ether oxygens (including phenoxy) is 1. The summed E-state index contributed by atoms with van der Waals surface area (Å²) >= 11 is 5.64. The number of aliphatic hydroxyl groups excluding tert-OH is 1. The van der Waals surface area contributed by atoms with Crippen molar-refractivity contribution < 1.29 is 32.6 Å². The van der Waals surface area contributed by atoms with Crippen LogP contribution < -0.4 is 5.32 Å². The molecule has 0 radical (unpaired) electrons. The second-order valence-corrected chi connectivity index (χ2v) is 4.40. The van der Waals surface area contributed by atoms with E-state index in [-0.39, 0.29) is 5.56 Å². The van der Waals surface area contributed by atoms with Gasteiger partial charge in [-0.1, -0.05) is 23.7 Å². The highest BCUT2D eigenvalue weighted by Crippen LogP contribution is 2.22. The van der Waals surface area contributed by atoms with Gasteiger partial charge in [-0.05, 0) is 17.7 Å². The van der Waals surface area contributed by atoms with Gasteiger partial charge in [-0.15, -0.1) is 0 Å². The highest BCUT2D eigenvalue weighted by molar-refractivity contribution is 6.30. The molecule has 2 atom stereocenters. The topological polar surface area (TPSA) is 75.6 Å². The smallest absolute Gasteiger partial charge is 0.467 e. The van der Waals surface area contributed by atoms with Crippen LogP contribution in [0.2, 0.25) is 5.02 Å². The minimum Gasteiger partial charge on any atom is -0.467 e. The minimum atomic E-state index is -5.19. The summed E-state index contributed by atoms with van der Waals surface area (Å²) in [4.78, 5) is 22.4. The Morgan fingerprint density at radius 1 is 1.29 bits per heavy atom. The second kappa shape index (κ2) is 6.77. The molecular formula is C12H11ClF3NO4. The lowest BCUT2D eigenvalue weighted by Gasteiger charge is -2.22. The number of halogens is 4. The normalized spacial score (nSPS) is 14.2. The number of aliphatic hydroxyl groups is 1. The Bertz CT molecular complexity index is 518. The SMILES string of the molecule is COC(=O)[C@@H](NC(=O)C(F)(F)F)[C@@H](O)c1ccc(Cl)cc1. The lowest BCUT2D eigenvalue weighted by atomic mass is 10.0. The van der Waals surface area contributed by atoms with Gasteiger partial charge in [0.25, 0.3) is 0 Å². The average Bonchev–Trinajstić information content (AvgIpc) is 2.42. The van der Waals surface area contributed by atoms with Crippen LogP contribution in [0.5, 0.6) is 0 Å². The van der Waals surface area contributed by atoms with Crippen molar-refractivity contribution in [1.29, 1.82) is 0 Å². The fraction of sp³-hybridized carbons (Fsp3) is 0.333. The first-order chi connectivity index (χ1) is 9.66. The standard InChI is InChI=1S/C12H11ClF3NO4/c1-21-10(19)8(17-11(20)12(14,15)16)9(18)6-2-4-7(13)5-3-6/h2-5,8-9,18H,1H3,(H,17,20)/t8-,9-/m0/s1. The average molecular weight is 326 g/mol. The first-order valence-corrected chi connectivity index (χ1v) is 5.93. The van der Waals surface area contributed by atoms with E-state index in [0.717, 1.165) is 7.11 Å². The molecule has 0 bridgehead atoms. The zero-order valence-corrected chi connectivity index (χ0v) is 11.4. The lowest BCUT2D eigenvalue weighted by Crippen LogP contribution is -2.50. The Balaban J connectivity index is 2.99. The fourth-order valence-electron chi connectivity index (χ4n) is 1.47. The van der Waals surface area contributed by atoms with E-state index in [4.69, 9.17) is 11.6 Å². The van der Waals surface area contributed by atoms with Crippen LogP contribution in [0.15, 0.2) is 24.3 Å². The fourth-order valence-corrected chi connectivity index (χ4v) is 1.60. The van der Waals surface area contributed by atoms with Crippen LogP contribution >= 0.6 is 11.6 Å². The molecule has 0 unspecified atom stereocenters. The van der Waals surface area contributed by atoms with Gasteiger partial charge >= 0.3 is 18.1 Å². The van der Waals surface area contributed by atoms with Crippen molar-refractivity contribution in [1.82, 2.24) is 5.32 Å². The monoisotopic (exact) mass is 325 g/mol. The number of carbonyl (C=O) groups excluding carboxylic acids is 2. The van der Waals surface area contributed by atoms with Gasteiger partial charge in [0.2, 0.25) is 0 Å². The van der Waals surface area contributed by atoms with Crippen LogP contribution in [-0.4, -0.2) is 36.3 Å². The maximum absolute atomic E-state index is 12.2. The first-order valence-electron chi connectivity index (χ1n) is 5.56. The zero-order valence-electron chi connectivity index (χ0n) is 10.6. The maximum Gasteiger partial charge on any atom is 0.471 e. The highest BCUT2D eigenvalue weighted by atomic mass is 35.5. The summed E-state index contributed by atoms with van der Waals surface area (Å²) in [6.45, 7) is 0. The molecule has 1 amide bonds. The molecule has 0 spiro atoms. The Hall–Kier alpha value is -1.80. The van der Waals surface area contributed by atoms with Crippen LogP contribution in [0.3, 0.4) is 0 Å². The highest BCUT2D eigenvalue weighted by Gasteiger charge is 2.42. The van der Waals surface area contributed by atoms with Gasteiger partial charge in [-0.25, -0.2) is 4.79 Å². The summed E-state index contributed by atoms with van der Waals surface area (Å²) in [5.41, 5.74) is 0.0947. The van der Waals surface area contributed by atoms with Crippen molar-refractivity contribution in [2.45, 2.75) is 18.3 Å². The number of hydrogen-bond acceptors (Lipinski definition) is 4. The van der Waals surface area contributed by atoms with Gasteiger partial charge in [-0.3, -0.25) is 4.79 Å². The number of alkyl halides is 3. The van der Waals surface area contributed by atoms with Crippen molar-refractivity contribution in [3.8, 4) is 0 Å². The Morgan fingerprint density at radius 3 is 2.24 bits per heavy atom. The van der Waals surface area contributed by atoms with E-state index in [2.05, 4.69) is 4.74 Å². The molecule has 2 N–H and O–H groups in total. The largest absolute Gasteiger partial charge is 0.471 e. The summed E-state index contributed by atoms with van der Waals surface area (Å²) in [6, 6.07) is 3.47. The van der Waals surface area contributed by atoms with Gasteiger partial charge in [0.15, 0.2) is 6.04 Å². The van der Waals surface area contributed by atoms with Gasteiger partial charge in [0.05, 0.1) is 7.11 Å². The van der Waals surface area contributed by atoms with Gasteiger partial charge < -0.3 is 15.2 Å².